The molecule has 14 nitrogen and oxygen atoms in total. The lowest BCUT2D eigenvalue weighted by atomic mass is 9.85. The zero-order chi connectivity index (χ0) is 38.9. The summed E-state index contributed by atoms with van der Waals surface area (Å²) in [4.78, 5) is 35.9. The molecule has 3 atom stereocenters. The smallest absolute Gasteiger partial charge is 0.357 e. The van der Waals surface area contributed by atoms with Gasteiger partial charge in [0, 0.05) is 36.7 Å². The van der Waals surface area contributed by atoms with Crippen molar-refractivity contribution in [2.45, 2.75) is 77.0 Å². The van der Waals surface area contributed by atoms with Crippen molar-refractivity contribution in [3.63, 3.8) is 0 Å². The third kappa shape index (κ3) is 8.06. The molecule has 0 unspecified atom stereocenters. The molecule has 2 aromatic carbocycles. The van der Waals surface area contributed by atoms with E-state index in [1.54, 1.807) is 28.9 Å². The van der Waals surface area contributed by atoms with Crippen molar-refractivity contribution in [2.75, 3.05) is 43.8 Å². The Kier molecular flexibility index (Phi) is 10.9. The monoisotopic (exact) mass is 769 g/mol. The number of pyridine rings is 1. The molecule has 1 fully saturated rings. The maximum Gasteiger partial charge on any atom is 0.357 e. The van der Waals surface area contributed by atoms with Crippen LogP contribution in [0.4, 0.5) is 16.6 Å². The molecule has 1 aliphatic heterocycles. The fourth-order valence-corrected chi connectivity index (χ4v) is 7.32. The molecule has 0 radical (unpaired) electrons. The molecule has 7 rings (SSSR count). The van der Waals surface area contributed by atoms with E-state index in [1.165, 1.54) is 0 Å². The van der Waals surface area contributed by atoms with Gasteiger partial charge < -0.3 is 29.4 Å². The average Bonchev–Trinajstić information content (AvgIpc) is 3.90. The highest BCUT2D eigenvalue weighted by Crippen LogP contribution is 2.40. The van der Waals surface area contributed by atoms with Crippen LogP contribution in [0.25, 0.3) is 11.3 Å². The van der Waals surface area contributed by atoms with E-state index in [0.717, 1.165) is 47.2 Å². The lowest BCUT2D eigenvalue weighted by molar-refractivity contribution is -0.129. The number of hydrogen-bond donors (Lipinski definition) is 1. The first-order chi connectivity index (χ1) is 26.4. The Bertz CT molecular complexity index is 2160. The van der Waals surface area contributed by atoms with E-state index in [9.17, 15) is 9.59 Å². The first kappa shape index (κ1) is 38.0. The van der Waals surface area contributed by atoms with Gasteiger partial charge in [-0.1, -0.05) is 56.6 Å². The maximum atomic E-state index is 14.2. The number of benzene rings is 2. The number of amides is 2. The molecular formula is C40H48ClN9O5. The molecule has 0 spiro atoms. The van der Waals surface area contributed by atoms with Gasteiger partial charge in [0.1, 0.15) is 24.2 Å². The number of carbonyl (C=O) groups is 2. The van der Waals surface area contributed by atoms with E-state index in [-0.39, 0.29) is 18.4 Å². The van der Waals surface area contributed by atoms with Gasteiger partial charge >= 0.3 is 12.5 Å². The predicted octanol–water partition coefficient (Wildman–Crippen LogP) is 7.05. The summed E-state index contributed by atoms with van der Waals surface area (Å²) in [5.41, 5.74) is 3.48. The summed E-state index contributed by atoms with van der Waals surface area (Å²) in [5.74, 6) is 2.21. The summed E-state index contributed by atoms with van der Waals surface area (Å²) in [6, 6.07) is 18.1. The maximum absolute atomic E-state index is 14.2. The van der Waals surface area contributed by atoms with Crippen LogP contribution in [0.1, 0.15) is 82.3 Å². The number of anilines is 2. The number of likely N-dealkylation sites (N-methyl/N-ethyl adjacent to an activating group) is 1. The molecule has 2 amide bonds. The molecule has 1 aliphatic carbocycles. The number of halogens is 1. The van der Waals surface area contributed by atoms with Crippen LogP contribution in [0.5, 0.6) is 11.5 Å². The van der Waals surface area contributed by atoms with E-state index in [4.69, 9.17) is 31.0 Å². The predicted molar refractivity (Wildman–Crippen MR) is 210 cm³/mol. The van der Waals surface area contributed by atoms with Gasteiger partial charge in [-0.3, -0.25) is 9.20 Å². The molecule has 15 heteroatoms. The second kappa shape index (κ2) is 15.8. The van der Waals surface area contributed by atoms with Gasteiger partial charge in [-0.15, -0.1) is 15.3 Å². The van der Waals surface area contributed by atoms with Crippen LogP contribution >= 0.6 is 11.6 Å². The van der Waals surface area contributed by atoms with Gasteiger partial charge in [0.15, 0.2) is 11.5 Å². The van der Waals surface area contributed by atoms with Gasteiger partial charge in [0.05, 0.1) is 28.6 Å². The van der Waals surface area contributed by atoms with E-state index >= 15 is 0 Å². The third-order valence-corrected chi connectivity index (χ3v) is 10.4. The number of carbonyl (C=O) groups excluding carboxylic acids is 2. The van der Waals surface area contributed by atoms with Crippen LogP contribution in [0, 0.1) is 0 Å². The normalized spacial score (nSPS) is 18.3. The fraction of sp³-hybridized carbons (Fsp3) is 0.425. The Balaban J connectivity index is 1.14. The van der Waals surface area contributed by atoms with Crippen LogP contribution in [-0.4, -0.2) is 81.6 Å². The number of hydrogen-bond acceptors (Lipinski definition) is 10. The fourth-order valence-electron chi connectivity index (χ4n) is 7.14. The van der Waals surface area contributed by atoms with E-state index in [1.807, 2.05) is 86.8 Å². The van der Waals surface area contributed by atoms with Crippen molar-refractivity contribution in [2.24, 2.45) is 0 Å². The molecule has 4 heterocycles. The van der Waals surface area contributed by atoms with Crippen LogP contribution in [0.15, 0.2) is 66.9 Å². The number of urea groups is 1. The zero-order valence-electron chi connectivity index (χ0n) is 32.1. The second-order valence-corrected chi connectivity index (χ2v) is 15.8. The molecule has 3 aromatic heterocycles. The van der Waals surface area contributed by atoms with Gasteiger partial charge in [-0.2, -0.15) is 5.10 Å². The number of nitrogens with zero attached hydrogens (tertiary/aromatic N) is 8. The van der Waals surface area contributed by atoms with Crippen molar-refractivity contribution in [3.8, 4) is 17.2 Å². The summed E-state index contributed by atoms with van der Waals surface area (Å²) in [6.07, 6.45) is 5.14. The number of aromatic nitrogens is 5. The first-order valence-electron chi connectivity index (χ1n) is 18.7. The van der Waals surface area contributed by atoms with Gasteiger partial charge in [-0.25, -0.2) is 9.48 Å². The lowest BCUT2D eigenvalue weighted by Gasteiger charge is -2.33. The summed E-state index contributed by atoms with van der Waals surface area (Å²) < 4.78 is 16.2. The van der Waals surface area contributed by atoms with E-state index in [0.29, 0.717) is 59.9 Å². The minimum atomic E-state index is -0.633. The number of nitrogens with one attached hydrogen (secondary N) is 1. The quantitative estimate of drug-likeness (QED) is 0.104. The summed E-state index contributed by atoms with van der Waals surface area (Å²) >= 11 is 6.51. The van der Waals surface area contributed by atoms with Crippen LogP contribution in [0.3, 0.4) is 0 Å². The Morgan fingerprint density at radius 3 is 2.56 bits per heavy atom. The van der Waals surface area contributed by atoms with E-state index in [2.05, 4.69) is 27.3 Å². The standard InChI is InChI=1S/C40H48ClN9O5/c1-26-10-9-19-47(26)38-44-43-36-18-14-28(24-48(36)38)55-33-17-16-32(29-11-7-8-12-30(29)33)42-39(52)50(54-25-51)37-23-35(40(2,3)4)45-49(37)27-13-15-31(41)34(22-27)53-21-20-46(5)6/h7-8,11-15,18,22-26,32-33H,9-10,16-17,19-21H2,1-6H3,(H,42,52)/t26-,32-,33+/m0/s1. The zero-order valence-corrected chi connectivity index (χ0v) is 32.9. The van der Waals surface area contributed by atoms with Gasteiger partial charge in [0.25, 0.3) is 0 Å². The summed E-state index contributed by atoms with van der Waals surface area (Å²) in [7, 11) is 3.92. The molecular weight excluding hydrogens is 722 g/mol. The van der Waals surface area contributed by atoms with Crippen LogP contribution < -0.4 is 24.8 Å². The van der Waals surface area contributed by atoms with Crippen molar-refractivity contribution < 1.29 is 23.9 Å². The van der Waals surface area contributed by atoms with Crippen LogP contribution in [-0.2, 0) is 15.0 Å². The van der Waals surface area contributed by atoms with Crippen molar-refractivity contribution in [1.29, 1.82) is 0 Å². The third-order valence-electron chi connectivity index (χ3n) is 10.1. The first-order valence-corrected chi connectivity index (χ1v) is 19.0. The molecule has 55 heavy (non-hydrogen) atoms. The molecule has 0 bridgehead atoms. The molecule has 290 valence electrons. The highest BCUT2D eigenvalue weighted by atomic mass is 35.5. The second-order valence-electron chi connectivity index (χ2n) is 15.4. The summed E-state index contributed by atoms with van der Waals surface area (Å²) in [6.45, 7) is 10.5. The Hall–Kier alpha value is -5.34. The van der Waals surface area contributed by atoms with Crippen molar-refractivity contribution in [3.05, 3.63) is 88.7 Å². The lowest BCUT2D eigenvalue weighted by Crippen LogP contribution is -2.43. The van der Waals surface area contributed by atoms with Gasteiger partial charge in [0.2, 0.25) is 5.95 Å². The molecule has 1 saturated heterocycles. The largest absolute Gasteiger partial charge is 0.491 e. The highest BCUT2D eigenvalue weighted by molar-refractivity contribution is 6.32. The number of ether oxygens (including phenoxy) is 2. The molecule has 0 saturated carbocycles. The topological polar surface area (TPSA) is 132 Å². The molecule has 5 aromatic rings. The Labute approximate surface area is 325 Å². The van der Waals surface area contributed by atoms with E-state index < -0.39 is 17.5 Å². The number of rotatable bonds is 12. The number of hydroxylamine groups is 1. The minimum absolute atomic E-state index is 0.229. The number of fused-ring (bicyclic) bond motifs is 2. The molecule has 1 N–H and O–H groups in total. The minimum Gasteiger partial charge on any atom is -0.491 e. The van der Waals surface area contributed by atoms with Crippen molar-refractivity contribution >= 4 is 41.5 Å². The SMILES string of the molecule is C[C@H]1CCCN1c1nnc2ccc(O[C@@H]3CC[C@H](NC(=O)N(OC=O)c4cc(C(C)(C)C)nn4-c4ccc(Cl)c(OCCN(C)C)c4)c4ccccc43)cn12. The summed E-state index contributed by atoms with van der Waals surface area (Å²) in [5, 5.41) is 18.2. The van der Waals surface area contributed by atoms with Gasteiger partial charge in [-0.05, 0) is 82.1 Å². The Morgan fingerprint density at radius 1 is 1.04 bits per heavy atom. The van der Waals surface area contributed by atoms with Crippen molar-refractivity contribution in [1.82, 2.24) is 34.6 Å². The molecule has 2 aliphatic rings. The van der Waals surface area contributed by atoms with Crippen LogP contribution in [0.2, 0.25) is 5.02 Å². The average molecular weight is 770 g/mol. The Morgan fingerprint density at radius 2 is 1.84 bits per heavy atom. The highest BCUT2D eigenvalue weighted by Gasteiger charge is 2.34.